The number of unbranched alkanes of at least 4 members (excludes halogenated alkanes) is 41. The molecule has 0 bridgehead atoms. The van der Waals surface area contributed by atoms with Crippen molar-refractivity contribution in [2.24, 2.45) is 0 Å². The number of carbonyl (C=O) groups excluding carboxylic acids is 3. The van der Waals surface area contributed by atoms with Crippen LogP contribution in [0.3, 0.4) is 0 Å². The summed E-state index contributed by atoms with van der Waals surface area (Å²) in [6.07, 6.45) is 94.6. The lowest BCUT2D eigenvalue weighted by Gasteiger charge is -2.18. The van der Waals surface area contributed by atoms with E-state index in [9.17, 15) is 14.4 Å². The molecule has 480 valence electrons. The van der Waals surface area contributed by atoms with Crippen LogP contribution >= 0.6 is 0 Å². The molecule has 0 aliphatic carbocycles. The van der Waals surface area contributed by atoms with Gasteiger partial charge in [-0.25, -0.2) is 0 Å². The minimum Gasteiger partial charge on any atom is -0.462 e. The average Bonchev–Trinajstić information content (AvgIpc) is 3.49. The van der Waals surface area contributed by atoms with Crippen LogP contribution in [0.25, 0.3) is 0 Å². The molecule has 1 atom stereocenters. The van der Waals surface area contributed by atoms with Crippen LogP contribution in [-0.2, 0) is 28.6 Å². The summed E-state index contributed by atoms with van der Waals surface area (Å²) in [6.45, 7) is 6.55. The third kappa shape index (κ3) is 69.3. The van der Waals surface area contributed by atoms with Gasteiger partial charge in [-0.3, -0.25) is 14.4 Å². The average molecular weight is 1160 g/mol. The summed E-state index contributed by atoms with van der Waals surface area (Å²) in [5.41, 5.74) is 0. The van der Waals surface area contributed by atoms with Gasteiger partial charge in [0.25, 0.3) is 0 Å². The van der Waals surface area contributed by atoms with E-state index in [1.807, 2.05) is 0 Å². The van der Waals surface area contributed by atoms with Crippen molar-refractivity contribution in [3.05, 3.63) is 85.1 Å². The molecule has 0 aromatic heterocycles. The van der Waals surface area contributed by atoms with Crippen LogP contribution in [0.4, 0.5) is 0 Å². The van der Waals surface area contributed by atoms with E-state index in [4.69, 9.17) is 14.2 Å². The van der Waals surface area contributed by atoms with Gasteiger partial charge in [0.05, 0.1) is 0 Å². The lowest BCUT2D eigenvalue weighted by atomic mass is 10.0. The summed E-state index contributed by atoms with van der Waals surface area (Å²) >= 11 is 0. The Balaban J connectivity index is 4.37. The molecule has 0 saturated heterocycles. The Kier molecular flexibility index (Phi) is 68.2. The van der Waals surface area contributed by atoms with E-state index in [2.05, 4.69) is 106 Å². The lowest BCUT2D eigenvalue weighted by Crippen LogP contribution is -2.30. The molecule has 6 heteroatoms. The van der Waals surface area contributed by atoms with E-state index in [0.717, 1.165) is 109 Å². The van der Waals surface area contributed by atoms with Gasteiger partial charge in [-0.05, 0) is 96.3 Å². The van der Waals surface area contributed by atoms with Gasteiger partial charge in [0, 0.05) is 19.3 Å². The predicted octanol–water partition coefficient (Wildman–Crippen LogP) is 25.0. The Morgan fingerprint density at radius 2 is 0.470 bits per heavy atom. The van der Waals surface area contributed by atoms with Crippen LogP contribution in [0, 0.1) is 0 Å². The quantitative estimate of drug-likeness (QED) is 0.0261. The highest BCUT2D eigenvalue weighted by Crippen LogP contribution is 2.18. The molecule has 0 aromatic rings. The van der Waals surface area contributed by atoms with E-state index < -0.39 is 6.10 Å². The molecule has 0 spiro atoms. The predicted molar refractivity (Wildman–Crippen MR) is 362 cm³/mol. The van der Waals surface area contributed by atoms with Gasteiger partial charge in [-0.15, -0.1) is 0 Å². The van der Waals surface area contributed by atoms with Gasteiger partial charge < -0.3 is 14.2 Å². The van der Waals surface area contributed by atoms with Crippen molar-refractivity contribution in [1.82, 2.24) is 0 Å². The summed E-state index contributed by atoms with van der Waals surface area (Å²) in [4.78, 5) is 38.5. The van der Waals surface area contributed by atoms with Crippen LogP contribution in [0.15, 0.2) is 85.1 Å². The fourth-order valence-corrected chi connectivity index (χ4v) is 10.5. The largest absolute Gasteiger partial charge is 0.462 e. The van der Waals surface area contributed by atoms with E-state index in [0.29, 0.717) is 19.3 Å². The maximum absolute atomic E-state index is 13.0. The van der Waals surface area contributed by atoms with Crippen LogP contribution in [0.2, 0.25) is 0 Å². The molecular formula is C77H136O6. The van der Waals surface area contributed by atoms with Gasteiger partial charge in [0.15, 0.2) is 6.10 Å². The number of hydrogen-bond donors (Lipinski definition) is 0. The second-order valence-electron chi connectivity index (χ2n) is 24.1. The summed E-state index contributed by atoms with van der Waals surface area (Å²) in [5, 5.41) is 0. The number of hydrogen-bond acceptors (Lipinski definition) is 6. The number of ether oxygens (including phenoxy) is 3. The highest BCUT2D eigenvalue weighted by molar-refractivity contribution is 5.71. The maximum Gasteiger partial charge on any atom is 0.306 e. The van der Waals surface area contributed by atoms with E-state index >= 15 is 0 Å². The first-order chi connectivity index (χ1) is 41.0. The van der Waals surface area contributed by atoms with E-state index in [1.54, 1.807) is 0 Å². The van der Waals surface area contributed by atoms with Crippen LogP contribution < -0.4 is 0 Å². The van der Waals surface area contributed by atoms with Gasteiger partial charge in [-0.2, -0.15) is 0 Å². The normalized spacial score (nSPS) is 12.6. The molecule has 0 aliphatic heterocycles. The SMILES string of the molecule is CC/C=C\C/C=C\C/C=C\C/C=C\C/C=C\CCCCCCCCCC(=O)OC(COC(=O)CCCCCCCCC/C=C\C/C=C\CCCCCC)COC(=O)CCCCCCCCCCCCCCCCCCCCCCCCCC. The zero-order valence-electron chi connectivity index (χ0n) is 55.2. The molecule has 0 heterocycles. The molecule has 83 heavy (non-hydrogen) atoms. The van der Waals surface area contributed by atoms with Crippen molar-refractivity contribution in [3.63, 3.8) is 0 Å². The second-order valence-corrected chi connectivity index (χ2v) is 24.1. The minimum atomic E-state index is -0.788. The number of rotatable bonds is 66. The summed E-state index contributed by atoms with van der Waals surface area (Å²) in [6, 6.07) is 0. The number of esters is 3. The first-order valence-corrected chi connectivity index (χ1v) is 36.1. The Morgan fingerprint density at radius 1 is 0.253 bits per heavy atom. The molecule has 0 amide bonds. The standard InChI is InChI=1S/C77H136O6/c1-4-7-10-13-16-19-22-25-28-31-34-36-38-40-41-43-46-49-52-55-58-61-64-67-70-76(79)82-73-74(72-81-75(78)69-66-63-60-57-54-51-48-45-33-30-27-24-21-18-15-12-9-6-3)83-77(80)71-68-65-62-59-56-53-50-47-44-42-39-37-35-32-29-26-23-20-17-14-11-8-5-2/h8,11,17,20-21,24,26,29-30,33,35,37,42,44,74H,4-7,9-10,12-16,18-19,22-23,25,27-28,31-32,34,36,38-41,43,45-73H2,1-3H3/b11-8-,20-17-,24-21-,29-26-,33-30-,37-35-,44-42-. The summed E-state index contributed by atoms with van der Waals surface area (Å²) in [7, 11) is 0. The molecule has 0 aromatic carbocycles. The second kappa shape index (κ2) is 71.1. The first-order valence-electron chi connectivity index (χ1n) is 36.1. The fraction of sp³-hybridized carbons (Fsp3) is 0.779. The number of allylic oxidation sites excluding steroid dienone is 14. The molecule has 0 rings (SSSR count). The van der Waals surface area contributed by atoms with Gasteiger partial charge in [-0.1, -0.05) is 337 Å². The smallest absolute Gasteiger partial charge is 0.306 e. The Bertz CT molecular complexity index is 1570. The Labute approximate surface area is 515 Å². The molecule has 0 saturated carbocycles. The van der Waals surface area contributed by atoms with Crippen LogP contribution in [-0.4, -0.2) is 37.2 Å². The van der Waals surface area contributed by atoms with Crippen molar-refractivity contribution < 1.29 is 28.6 Å². The molecule has 0 N–H and O–H groups in total. The maximum atomic E-state index is 13.0. The molecular weight excluding hydrogens is 1020 g/mol. The monoisotopic (exact) mass is 1160 g/mol. The summed E-state index contributed by atoms with van der Waals surface area (Å²) in [5.74, 6) is -0.879. The topological polar surface area (TPSA) is 78.9 Å². The Morgan fingerprint density at radius 3 is 0.747 bits per heavy atom. The number of carbonyl (C=O) groups is 3. The van der Waals surface area contributed by atoms with Gasteiger partial charge >= 0.3 is 17.9 Å². The van der Waals surface area contributed by atoms with Crippen molar-refractivity contribution in [2.75, 3.05) is 13.2 Å². The third-order valence-electron chi connectivity index (χ3n) is 15.9. The lowest BCUT2D eigenvalue weighted by molar-refractivity contribution is -0.167. The highest BCUT2D eigenvalue weighted by atomic mass is 16.6. The van der Waals surface area contributed by atoms with E-state index in [-0.39, 0.29) is 31.1 Å². The first kappa shape index (κ1) is 79.6. The van der Waals surface area contributed by atoms with Crippen molar-refractivity contribution >= 4 is 17.9 Å². The van der Waals surface area contributed by atoms with E-state index in [1.165, 1.54) is 218 Å². The van der Waals surface area contributed by atoms with Crippen molar-refractivity contribution in [1.29, 1.82) is 0 Å². The van der Waals surface area contributed by atoms with Crippen LogP contribution in [0.5, 0.6) is 0 Å². The molecule has 6 nitrogen and oxygen atoms in total. The minimum absolute atomic E-state index is 0.0804. The zero-order chi connectivity index (χ0) is 59.9. The van der Waals surface area contributed by atoms with Gasteiger partial charge in [0.1, 0.15) is 13.2 Å². The fourth-order valence-electron chi connectivity index (χ4n) is 10.5. The highest BCUT2D eigenvalue weighted by Gasteiger charge is 2.19. The molecule has 1 unspecified atom stereocenters. The van der Waals surface area contributed by atoms with Crippen LogP contribution in [0.1, 0.15) is 367 Å². The Hall–Kier alpha value is -3.41. The van der Waals surface area contributed by atoms with Crippen molar-refractivity contribution in [3.8, 4) is 0 Å². The molecule has 0 fully saturated rings. The molecule has 0 radical (unpaired) electrons. The third-order valence-corrected chi connectivity index (χ3v) is 15.9. The van der Waals surface area contributed by atoms with Crippen molar-refractivity contribution in [2.45, 2.75) is 374 Å². The zero-order valence-corrected chi connectivity index (χ0v) is 55.2. The summed E-state index contributed by atoms with van der Waals surface area (Å²) < 4.78 is 17.0. The molecule has 0 aliphatic rings. The van der Waals surface area contributed by atoms with Gasteiger partial charge in [0.2, 0.25) is 0 Å².